The van der Waals surface area contributed by atoms with Gasteiger partial charge in [-0.25, -0.2) is 4.39 Å². The number of aromatic nitrogens is 2. The number of nitrogens with zero attached hydrogens (tertiary/aromatic N) is 3. The molecule has 0 fully saturated rings. The van der Waals surface area contributed by atoms with Crippen LogP contribution < -0.4 is 5.32 Å². The predicted molar refractivity (Wildman–Crippen MR) is 76.1 cm³/mol. The van der Waals surface area contributed by atoms with Gasteiger partial charge in [0, 0.05) is 16.7 Å². The third-order valence-corrected chi connectivity index (χ3v) is 3.01. The van der Waals surface area contributed by atoms with E-state index >= 15 is 0 Å². The summed E-state index contributed by atoms with van der Waals surface area (Å²) in [5.74, 6) is -1.17. The van der Waals surface area contributed by atoms with Crippen LogP contribution in [0.5, 0.6) is 0 Å². The number of amides is 1. The van der Waals surface area contributed by atoms with Crippen molar-refractivity contribution in [2.24, 2.45) is 6.98 Å². The summed E-state index contributed by atoms with van der Waals surface area (Å²) in [6.45, 7) is -1.33. The predicted octanol–water partition coefficient (Wildman–Crippen LogP) is 1.41. The highest BCUT2D eigenvalue weighted by Crippen LogP contribution is 2.19. The average molecular weight is 305 g/mol. The number of carbonyl (C=O) groups is 1. The van der Waals surface area contributed by atoms with Crippen molar-refractivity contribution in [3.63, 3.8) is 0 Å². The molecule has 1 heterocycles. The van der Waals surface area contributed by atoms with Gasteiger partial charge < -0.3 is 10.4 Å². The second-order valence-corrected chi connectivity index (χ2v) is 4.63. The second kappa shape index (κ2) is 6.37. The molecule has 0 saturated carbocycles. The normalized spacial score (nSPS) is 14.4. The van der Waals surface area contributed by atoms with Gasteiger partial charge in [-0.15, -0.1) is 0 Å². The van der Waals surface area contributed by atoms with E-state index in [1.165, 1.54) is 19.1 Å². The Kier molecular flexibility index (Phi) is 3.44. The first-order valence-corrected chi connectivity index (χ1v) is 6.38. The number of nitrogens with one attached hydrogen (secondary N) is 1. The van der Waals surface area contributed by atoms with Crippen LogP contribution in [0, 0.1) is 17.1 Å². The summed E-state index contributed by atoms with van der Waals surface area (Å²) in [6, 6.07) is 6.39. The highest BCUT2D eigenvalue weighted by molar-refractivity contribution is 5.95. The Morgan fingerprint density at radius 1 is 1.64 bits per heavy atom. The molecule has 0 spiro atoms. The molecule has 22 heavy (non-hydrogen) atoms. The highest BCUT2D eigenvalue weighted by atomic mass is 19.1. The van der Waals surface area contributed by atoms with Crippen LogP contribution in [0.25, 0.3) is 0 Å². The molecule has 2 aromatic rings. The van der Waals surface area contributed by atoms with E-state index in [2.05, 4.69) is 10.4 Å². The molecule has 1 aromatic heterocycles. The van der Waals surface area contributed by atoms with Crippen molar-refractivity contribution in [3.05, 3.63) is 52.6 Å². The number of hydrogen-bond acceptors (Lipinski definition) is 4. The number of aliphatic hydroxyl groups is 1. The Morgan fingerprint density at radius 3 is 3.00 bits per heavy atom. The van der Waals surface area contributed by atoms with Crippen molar-refractivity contribution in [2.45, 2.75) is 19.6 Å². The van der Waals surface area contributed by atoms with Gasteiger partial charge in [0.15, 0.2) is 0 Å². The number of halogens is 1. The molecule has 6 nitrogen and oxygen atoms in total. The molecule has 1 aromatic carbocycles. The third-order valence-electron chi connectivity index (χ3n) is 3.01. The van der Waals surface area contributed by atoms with Crippen LogP contribution >= 0.6 is 0 Å². The van der Waals surface area contributed by atoms with Crippen LogP contribution in [0.3, 0.4) is 0 Å². The molecule has 2 N–H and O–H groups in total. The SMILES string of the molecule is [2H]C([2H])([2H])n1nc(CNC(=O)c2ccc(F)cc2[C@H](C)O)cc1C#N. The molecule has 1 amide bonds. The number of aryl methyl sites for hydroxylation is 1. The Morgan fingerprint density at radius 2 is 2.41 bits per heavy atom. The first kappa shape index (κ1) is 11.9. The maximum atomic E-state index is 13.3. The summed E-state index contributed by atoms with van der Waals surface area (Å²) in [6.07, 6.45) is -1.04. The standard InChI is InChI=1S/C15H15FN4O2/c1-9(21)14-5-10(16)3-4-13(14)15(22)18-8-11-6-12(7-17)20(2)19-11/h3-6,9,21H,8H2,1-2H3,(H,18,22)/t9-/m0/s1/i2D3. The maximum Gasteiger partial charge on any atom is 0.251 e. The van der Waals surface area contributed by atoms with Gasteiger partial charge >= 0.3 is 0 Å². The van der Waals surface area contributed by atoms with E-state index in [9.17, 15) is 14.3 Å². The summed E-state index contributed by atoms with van der Waals surface area (Å²) < 4.78 is 35.8. The summed E-state index contributed by atoms with van der Waals surface area (Å²) >= 11 is 0. The lowest BCUT2D eigenvalue weighted by Crippen LogP contribution is -2.24. The minimum Gasteiger partial charge on any atom is -0.389 e. The number of aliphatic hydroxyl groups excluding tert-OH is 1. The van der Waals surface area contributed by atoms with Crippen molar-refractivity contribution in [1.29, 1.82) is 5.26 Å². The number of nitriles is 1. The van der Waals surface area contributed by atoms with Crippen molar-refractivity contribution in [3.8, 4) is 6.07 Å². The van der Waals surface area contributed by atoms with Crippen LogP contribution in [-0.2, 0) is 13.5 Å². The zero-order valence-electron chi connectivity index (χ0n) is 14.7. The third kappa shape index (κ3) is 3.30. The number of carbonyl (C=O) groups excluding carboxylic acids is 1. The van der Waals surface area contributed by atoms with Crippen molar-refractivity contribution in [2.75, 3.05) is 0 Å². The topological polar surface area (TPSA) is 90.9 Å². The smallest absolute Gasteiger partial charge is 0.251 e. The zero-order valence-corrected chi connectivity index (χ0v) is 11.7. The van der Waals surface area contributed by atoms with E-state index in [-0.39, 0.29) is 29.1 Å². The average Bonchev–Trinajstić information content (AvgIpc) is 2.96. The molecule has 0 aliphatic heterocycles. The van der Waals surface area contributed by atoms with E-state index in [0.29, 0.717) is 4.68 Å². The van der Waals surface area contributed by atoms with E-state index in [1.807, 2.05) is 0 Å². The fraction of sp³-hybridized carbons (Fsp3) is 0.267. The maximum absolute atomic E-state index is 13.3. The van der Waals surface area contributed by atoms with Crippen LogP contribution in [0.2, 0.25) is 0 Å². The fourth-order valence-corrected chi connectivity index (χ4v) is 1.95. The molecule has 0 aliphatic rings. The van der Waals surface area contributed by atoms with Gasteiger partial charge in [0.05, 0.1) is 18.3 Å². The van der Waals surface area contributed by atoms with Crippen LogP contribution in [0.4, 0.5) is 4.39 Å². The van der Waals surface area contributed by atoms with Crippen LogP contribution in [-0.4, -0.2) is 20.8 Å². The van der Waals surface area contributed by atoms with Gasteiger partial charge in [0.25, 0.3) is 5.91 Å². The van der Waals surface area contributed by atoms with Crippen molar-refractivity contribution >= 4 is 5.91 Å². The van der Waals surface area contributed by atoms with E-state index < -0.39 is 24.8 Å². The summed E-state index contributed by atoms with van der Waals surface area (Å²) in [5.41, 5.74) is 0.243. The second-order valence-electron chi connectivity index (χ2n) is 4.63. The quantitative estimate of drug-likeness (QED) is 0.893. The lowest BCUT2D eigenvalue weighted by Gasteiger charge is -2.12. The fourth-order valence-electron chi connectivity index (χ4n) is 1.95. The Labute approximate surface area is 131 Å². The van der Waals surface area contributed by atoms with Gasteiger partial charge in [-0.05, 0) is 36.8 Å². The Balaban J connectivity index is 2.19. The molecule has 0 aliphatic carbocycles. The molecule has 7 heteroatoms. The number of rotatable bonds is 4. The van der Waals surface area contributed by atoms with Gasteiger partial charge in [-0.3, -0.25) is 9.48 Å². The molecule has 1 atom stereocenters. The van der Waals surface area contributed by atoms with Crippen LogP contribution in [0.15, 0.2) is 24.3 Å². The lowest BCUT2D eigenvalue weighted by molar-refractivity contribution is 0.0943. The minimum absolute atomic E-state index is 0.0900. The Bertz CT molecular complexity index is 840. The van der Waals surface area contributed by atoms with E-state index in [1.54, 1.807) is 6.07 Å². The molecular weight excluding hydrogens is 287 g/mol. The van der Waals surface area contributed by atoms with E-state index in [0.717, 1.165) is 12.1 Å². The largest absolute Gasteiger partial charge is 0.389 e. The lowest BCUT2D eigenvalue weighted by atomic mass is 10.0. The molecular formula is C15H15FN4O2. The minimum atomic E-state index is -2.61. The van der Waals surface area contributed by atoms with Crippen molar-refractivity contribution < 1.29 is 18.4 Å². The van der Waals surface area contributed by atoms with Crippen molar-refractivity contribution in [1.82, 2.24) is 15.1 Å². The zero-order chi connectivity index (χ0) is 18.8. The number of benzene rings is 1. The molecule has 0 radical (unpaired) electrons. The molecule has 0 bridgehead atoms. The first-order chi connectivity index (χ1) is 11.6. The van der Waals surface area contributed by atoms with Gasteiger partial charge in [-0.1, -0.05) is 0 Å². The monoisotopic (exact) mass is 305 g/mol. The number of hydrogen-bond donors (Lipinski definition) is 2. The van der Waals surface area contributed by atoms with Gasteiger partial charge in [-0.2, -0.15) is 10.4 Å². The first-order valence-electron chi connectivity index (χ1n) is 7.88. The summed E-state index contributed by atoms with van der Waals surface area (Å²) in [7, 11) is 0. The molecule has 0 saturated heterocycles. The molecule has 2 rings (SSSR count). The highest BCUT2D eigenvalue weighted by Gasteiger charge is 2.16. The van der Waals surface area contributed by atoms with E-state index in [4.69, 9.17) is 9.37 Å². The van der Waals surface area contributed by atoms with Crippen LogP contribution in [0.1, 0.15) is 44.4 Å². The Hall–Kier alpha value is -2.72. The summed E-state index contributed by atoms with van der Waals surface area (Å²) in [4.78, 5) is 12.3. The van der Waals surface area contributed by atoms with Gasteiger partial charge in [0.2, 0.25) is 0 Å². The molecule has 114 valence electrons. The summed E-state index contributed by atoms with van der Waals surface area (Å²) in [5, 5.41) is 24.9. The molecule has 0 unspecified atom stereocenters. The van der Waals surface area contributed by atoms with Gasteiger partial charge in [0.1, 0.15) is 17.6 Å².